The molecule has 1 aromatic rings. The zero-order valence-electron chi connectivity index (χ0n) is 16.4. The van der Waals surface area contributed by atoms with Crippen LogP contribution in [0.25, 0.3) is 5.57 Å². The van der Waals surface area contributed by atoms with Gasteiger partial charge >= 0.3 is 0 Å². The van der Waals surface area contributed by atoms with Crippen LogP contribution in [-0.2, 0) is 0 Å². The van der Waals surface area contributed by atoms with Crippen molar-refractivity contribution in [3.05, 3.63) is 40.1 Å². The largest absolute Gasteiger partial charge is 0.393 e. The Morgan fingerprint density at radius 3 is 2.69 bits per heavy atom. The summed E-state index contributed by atoms with van der Waals surface area (Å²) in [6, 6.07) is 4.53. The van der Waals surface area contributed by atoms with Crippen LogP contribution in [0.5, 0.6) is 0 Å². The molecule has 7 atom stereocenters. The number of allylic oxidation sites excluding steroid dienone is 3. The van der Waals surface area contributed by atoms with Crippen molar-refractivity contribution in [3.63, 3.8) is 0 Å². The van der Waals surface area contributed by atoms with E-state index < -0.39 is 0 Å². The maximum absolute atomic E-state index is 10.2. The number of aliphatic hydroxyl groups is 1. The molecule has 2 heteroatoms. The molecular weight excluding hydrogens is 336 g/mol. The average molecular weight is 369 g/mol. The fraction of sp³-hybridized carbons (Fsp3) is 0.667. The Labute approximate surface area is 162 Å². The molecule has 4 aliphatic rings. The van der Waals surface area contributed by atoms with E-state index in [-0.39, 0.29) is 6.10 Å². The monoisotopic (exact) mass is 368 g/mol. The molecule has 2 unspecified atom stereocenters. The van der Waals surface area contributed by atoms with Crippen LogP contribution in [0.4, 0.5) is 0 Å². The van der Waals surface area contributed by atoms with Crippen molar-refractivity contribution in [3.8, 4) is 0 Å². The topological polar surface area (TPSA) is 20.2 Å². The summed E-state index contributed by atoms with van der Waals surface area (Å²) in [5.74, 6) is 3.04. The number of rotatable bonds is 1. The molecule has 1 N–H and O–H groups in total. The third kappa shape index (κ3) is 2.24. The Morgan fingerprint density at radius 2 is 1.92 bits per heavy atom. The van der Waals surface area contributed by atoms with Crippen LogP contribution in [0.3, 0.4) is 0 Å². The molecule has 1 heterocycles. The lowest BCUT2D eigenvalue weighted by molar-refractivity contribution is -0.0425. The van der Waals surface area contributed by atoms with Crippen LogP contribution in [0, 0.1) is 34.5 Å². The van der Waals surface area contributed by atoms with Gasteiger partial charge in [0, 0.05) is 4.88 Å². The first-order valence-electron chi connectivity index (χ1n) is 10.6. The predicted molar refractivity (Wildman–Crippen MR) is 110 cm³/mol. The summed E-state index contributed by atoms with van der Waals surface area (Å²) in [7, 11) is 0. The molecule has 5 rings (SSSR count). The van der Waals surface area contributed by atoms with Gasteiger partial charge in [-0.3, -0.25) is 0 Å². The maximum atomic E-state index is 10.2. The van der Waals surface area contributed by atoms with Gasteiger partial charge in [0.1, 0.15) is 0 Å². The lowest BCUT2D eigenvalue weighted by Gasteiger charge is -2.59. The van der Waals surface area contributed by atoms with Gasteiger partial charge in [-0.15, -0.1) is 11.3 Å². The minimum absolute atomic E-state index is 0.106. The van der Waals surface area contributed by atoms with Crippen molar-refractivity contribution in [1.29, 1.82) is 0 Å². The number of hydrogen-bond donors (Lipinski definition) is 1. The predicted octanol–water partition coefficient (Wildman–Crippen LogP) is 6.31. The van der Waals surface area contributed by atoms with Crippen molar-refractivity contribution in [2.75, 3.05) is 0 Å². The van der Waals surface area contributed by atoms with Crippen molar-refractivity contribution in [1.82, 2.24) is 0 Å². The second kappa shape index (κ2) is 5.82. The van der Waals surface area contributed by atoms with Gasteiger partial charge in [0.15, 0.2) is 0 Å². The molecule has 4 aliphatic carbocycles. The molecule has 0 saturated heterocycles. The number of fused-ring (bicyclic) bond motifs is 5. The van der Waals surface area contributed by atoms with Gasteiger partial charge < -0.3 is 5.11 Å². The van der Waals surface area contributed by atoms with Crippen LogP contribution in [0.15, 0.2) is 35.2 Å². The molecule has 0 radical (unpaired) electrons. The van der Waals surface area contributed by atoms with Crippen LogP contribution >= 0.6 is 11.3 Å². The Kier molecular flexibility index (Phi) is 3.86. The summed E-state index contributed by atoms with van der Waals surface area (Å²) < 4.78 is 0. The first-order chi connectivity index (χ1) is 12.4. The van der Waals surface area contributed by atoms with E-state index in [2.05, 4.69) is 50.4 Å². The normalized spacial score (nSPS) is 47.5. The second-order valence-electron chi connectivity index (χ2n) is 9.94. The molecule has 0 aromatic carbocycles. The summed E-state index contributed by atoms with van der Waals surface area (Å²) in [4.78, 5) is 1.50. The summed E-state index contributed by atoms with van der Waals surface area (Å²) in [5, 5.41) is 12.5. The smallest absolute Gasteiger partial charge is 0.0577 e. The van der Waals surface area contributed by atoms with Crippen LogP contribution in [-0.4, -0.2) is 11.2 Å². The summed E-state index contributed by atoms with van der Waals surface area (Å²) in [6.45, 7) is 7.55. The summed E-state index contributed by atoms with van der Waals surface area (Å²) in [5.41, 5.74) is 3.92. The zero-order valence-corrected chi connectivity index (χ0v) is 17.2. The van der Waals surface area contributed by atoms with Gasteiger partial charge in [-0.25, -0.2) is 0 Å². The first kappa shape index (κ1) is 17.3. The molecule has 2 saturated carbocycles. The highest BCUT2D eigenvalue weighted by atomic mass is 32.1. The Hall–Kier alpha value is -0.860. The lowest BCUT2D eigenvalue weighted by Crippen LogP contribution is -2.52. The Balaban J connectivity index is 1.52. The highest BCUT2D eigenvalue weighted by Crippen LogP contribution is 2.67. The SMILES string of the molecule is CC1C=C2CC(O)CC[C@]2(C)[C@@H]2CC[C@]3(C)C(c4cccs4)=CC[C@H]3[C@H]12. The number of hydrogen-bond acceptors (Lipinski definition) is 2. The minimum atomic E-state index is -0.106. The van der Waals surface area contributed by atoms with E-state index in [9.17, 15) is 5.11 Å². The molecule has 0 spiro atoms. The van der Waals surface area contributed by atoms with E-state index in [0.717, 1.165) is 30.6 Å². The molecule has 26 heavy (non-hydrogen) atoms. The Bertz CT molecular complexity index is 759. The molecule has 0 bridgehead atoms. The molecule has 140 valence electrons. The van der Waals surface area contributed by atoms with E-state index in [1.807, 2.05) is 11.3 Å². The third-order valence-corrected chi connectivity index (χ3v) is 9.68. The standard InChI is InChI=1S/C24H32OS/c1-15-13-16-14-17(25)8-10-23(16,2)20-9-11-24(3)18(21-5-4-12-26-21)6-7-19(24)22(15)20/h4-6,12-13,15,17,19-20,22,25H,7-11,14H2,1-3H3/t15?,17?,19-,20+,22-,23-,24+/m0/s1. The van der Waals surface area contributed by atoms with Crippen LogP contribution in [0.2, 0.25) is 0 Å². The molecule has 0 aliphatic heterocycles. The Morgan fingerprint density at radius 1 is 1.12 bits per heavy atom. The van der Waals surface area contributed by atoms with E-state index in [4.69, 9.17) is 0 Å². The molecule has 1 nitrogen and oxygen atoms in total. The maximum Gasteiger partial charge on any atom is 0.0577 e. The quantitative estimate of drug-likeness (QED) is 0.576. The van der Waals surface area contributed by atoms with Gasteiger partial charge in [0.25, 0.3) is 0 Å². The van der Waals surface area contributed by atoms with E-state index in [1.54, 1.807) is 11.1 Å². The zero-order chi connectivity index (χ0) is 18.1. The molecule has 2 fully saturated rings. The fourth-order valence-electron chi connectivity index (χ4n) is 7.38. The van der Waals surface area contributed by atoms with Crippen molar-refractivity contribution < 1.29 is 5.11 Å². The average Bonchev–Trinajstić information content (AvgIpc) is 3.23. The van der Waals surface area contributed by atoms with E-state index >= 15 is 0 Å². The fourth-order valence-corrected chi connectivity index (χ4v) is 8.29. The molecular formula is C24H32OS. The summed E-state index contributed by atoms with van der Waals surface area (Å²) in [6.07, 6.45) is 12.1. The van der Waals surface area contributed by atoms with Gasteiger partial charge in [-0.1, -0.05) is 44.6 Å². The van der Waals surface area contributed by atoms with E-state index in [1.165, 1.54) is 30.6 Å². The van der Waals surface area contributed by atoms with Gasteiger partial charge in [-0.2, -0.15) is 0 Å². The van der Waals surface area contributed by atoms with Gasteiger partial charge in [0.05, 0.1) is 6.10 Å². The van der Waals surface area contributed by atoms with Gasteiger partial charge in [-0.05, 0) is 90.0 Å². The van der Waals surface area contributed by atoms with Crippen molar-refractivity contribution in [2.24, 2.45) is 34.5 Å². The van der Waals surface area contributed by atoms with Crippen LogP contribution < -0.4 is 0 Å². The van der Waals surface area contributed by atoms with Crippen molar-refractivity contribution >= 4 is 16.9 Å². The van der Waals surface area contributed by atoms with Crippen LogP contribution in [0.1, 0.15) is 64.2 Å². The number of thiophene rings is 1. The third-order valence-electron chi connectivity index (χ3n) is 8.78. The minimum Gasteiger partial charge on any atom is -0.393 e. The van der Waals surface area contributed by atoms with Gasteiger partial charge in [0.2, 0.25) is 0 Å². The second-order valence-corrected chi connectivity index (χ2v) is 10.9. The first-order valence-corrected chi connectivity index (χ1v) is 11.5. The van der Waals surface area contributed by atoms with E-state index in [0.29, 0.717) is 16.7 Å². The summed E-state index contributed by atoms with van der Waals surface area (Å²) >= 11 is 1.91. The molecule has 1 aromatic heterocycles. The van der Waals surface area contributed by atoms with Crippen molar-refractivity contribution in [2.45, 2.75) is 65.4 Å². The lowest BCUT2D eigenvalue weighted by atomic mass is 9.45. The highest BCUT2D eigenvalue weighted by molar-refractivity contribution is 7.11. The molecule has 0 amide bonds. The highest BCUT2D eigenvalue weighted by Gasteiger charge is 2.58. The number of aliphatic hydroxyl groups excluding tert-OH is 1.